The number of carbonyl (C=O) groups is 1. The van der Waals surface area contributed by atoms with Crippen molar-refractivity contribution in [3.63, 3.8) is 0 Å². The number of anilines is 2. The topological polar surface area (TPSA) is 89.4 Å². The molecule has 1 aromatic heterocycles. The highest BCUT2D eigenvalue weighted by molar-refractivity contribution is 7.92. The third-order valence-corrected chi connectivity index (χ3v) is 6.32. The van der Waals surface area contributed by atoms with Crippen LogP contribution in [0.25, 0.3) is 0 Å². The van der Waals surface area contributed by atoms with Gasteiger partial charge in [0, 0.05) is 24.6 Å². The van der Waals surface area contributed by atoms with Crippen LogP contribution in [0.3, 0.4) is 0 Å². The van der Waals surface area contributed by atoms with Crippen molar-refractivity contribution in [1.82, 2.24) is 4.57 Å². The number of methoxy groups -OCH3 is 1. The van der Waals surface area contributed by atoms with Crippen molar-refractivity contribution in [2.24, 2.45) is 7.05 Å². The summed E-state index contributed by atoms with van der Waals surface area (Å²) in [6.07, 6.45) is 1.72. The van der Waals surface area contributed by atoms with Crippen molar-refractivity contribution in [2.75, 3.05) is 17.1 Å². The van der Waals surface area contributed by atoms with Gasteiger partial charge in [-0.15, -0.1) is 0 Å². The Morgan fingerprint density at radius 3 is 2.27 bits per heavy atom. The third-order valence-electron chi connectivity index (χ3n) is 4.94. The van der Waals surface area contributed by atoms with Crippen LogP contribution in [0, 0.1) is 20.8 Å². The SMILES string of the molecule is COc1ccc(NC(=O)c2cc(C)n(C)c2)cc1S(=O)(=O)Nc1c(C)cccc1C. The number of nitrogens with one attached hydrogen (secondary N) is 2. The van der Waals surface area contributed by atoms with E-state index in [2.05, 4.69) is 10.0 Å². The highest BCUT2D eigenvalue weighted by Crippen LogP contribution is 2.31. The Balaban J connectivity index is 1.95. The fourth-order valence-corrected chi connectivity index (χ4v) is 4.53. The molecular formula is C22H25N3O4S. The number of ether oxygens (including phenoxy) is 1. The van der Waals surface area contributed by atoms with Crippen molar-refractivity contribution in [2.45, 2.75) is 25.7 Å². The molecule has 2 aromatic carbocycles. The summed E-state index contributed by atoms with van der Waals surface area (Å²) in [5.74, 6) is -0.141. The molecule has 0 saturated heterocycles. The third kappa shape index (κ3) is 4.33. The van der Waals surface area contributed by atoms with Gasteiger partial charge in [-0.3, -0.25) is 9.52 Å². The summed E-state index contributed by atoms with van der Waals surface area (Å²) in [5, 5.41) is 2.75. The predicted molar refractivity (Wildman–Crippen MR) is 118 cm³/mol. The fraction of sp³-hybridized carbons (Fsp3) is 0.227. The van der Waals surface area contributed by atoms with Crippen LogP contribution in [0.5, 0.6) is 5.75 Å². The maximum Gasteiger partial charge on any atom is 0.265 e. The molecule has 0 aliphatic rings. The van der Waals surface area contributed by atoms with Crippen LogP contribution in [0.2, 0.25) is 0 Å². The van der Waals surface area contributed by atoms with Crippen molar-refractivity contribution >= 4 is 27.3 Å². The Bertz CT molecular complexity index is 1170. The number of para-hydroxylation sites is 1. The average Bonchev–Trinajstić information content (AvgIpc) is 3.03. The lowest BCUT2D eigenvalue weighted by molar-refractivity contribution is 0.102. The Morgan fingerprint density at radius 2 is 1.70 bits per heavy atom. The zero-order valence-corrected chi connectivity index (χ0v) is 18.4. The number of sulfonamides is 1. The summed E-state index contributed by atoms with van der Waals surface area (Å²) >= 11 is 0. The van der Waals surface area contributed by atoms with Crippen LogP contribution < -0.4 is 14.8 Å². The van der Waals surface area contributed by atoms with E-state index in [1.807, 2.05) is 50.6 Å². The predicted octanol–water partition coefficient (Wildman–Crippen LogP) is 4.01. The van der Waals surface area contributed by atoms with Gasteiger partial charge >= 0.3 is 0 Å². The van der Waals surface area contributed by atoms with E-state index < -0.39 is 10.0 Å². The van der Waals surface area contributed by atoms with E-state index in [1.54, 1.807) is 18.3 Å². The van der Waals surface area contributed by atoms with E-state index in [0.717, 1.165) is 16.8 Å². The number of hydrogen-bond donors (Lipinski definition) is 2. The van der Waals surface area contributed by atoms with Gasteiger partial charge < -0.3 is 14.6 Å². The number of aryl methyl sites for hydroxylation is 4. The summed E-state index contributed by atoms with van der Waals surface area (Å²) in [6, 6.07) is 11.8. The quantitative estimate of drug-likeness (QED) is 0.622. The van der Waals surface area contributed by atoms with Gasteiger partial charge in [0.15, 0.2) is 0 Å². The van der Waals surface area contributed by atoms with Gasteiger partial charge in [0.05, 0.1) is 18.4 Å². The largest absolute Gasteiger partial charge is 0.495 e. The minimum absolute atomic E-state index is 0.0605. The molecule has 2 N–H and O–H groups in total. The van der Waals surface area contributed by atoms with E-state index in [1.165, 1.54) is 19.2 Å². The first-order valence-corrected chi connectivity index (χ1v) is 10.8. The molecule has 0 fully saturated rings. The van der Waals surface area contributed by atoms with Crippen LogP contribution in [0.4, 0.5) is 11.4 Å². The van der Waals surface area contributed by atoms with E-state index in [0.29, 0.717) is 16.9 Å². The molecule has 0 aliphatic carbocycles. The minimum atomic E-state index is -3.96. The first-order chi connectivity index (χ1) is 14.1. The summed E-state index contributed by atoms with van der Waals surface area (Å²) in [6.45, 7) is 5.56. The Labute approximate surface area is 176 Å². The first kappa shape index (κ1) is 21.4. The summed E-state index contributed by atoms with van der Waals surface area (Å²) in [4.78, 5) is 12.5. The van der Waals surface area contributed by atoms with Gasteiger partial charge in [-0.1, -0.05) is 18.2 Å². The van der Waals surface area contributed by atoms with Gasteiger partial charge in [-0.25, -0.2) is 8.42 Å². The zero-order valence-electron chi connectivity index (χ0n) is 17.6. The number of nitrogens with zero attached hydrogens (tertiary/aromatic N) is 1. The zero-order chi connectivity index (χ0) is 22.1. The molecule has 7 nitrogen and oxygen atoms in total. The smallest absolute Gasteiger partial charge is 0.265 e. The Morgan fingerprint density at radius 1 is 1.03 bits per heavy atom. The van der Waals surface area contributed by atoms with Crippen LogP contribution in [-0.2, 0) is 17.1 Å². The van der Waals surface area contributed by atoms with E-state index in [4.69, 9.17) is 4.74 Å². The van der Waals surface area contributed by atoms with Crippen molar-refractivity contribution in [3.05, 3.63) is 71.0 Å². The van der Waals surface area contributed by atoms with E-state index in [9.17, 15) is 13.2 Å². The molecule has 30 heavy (non-hydrogen) atoms. The number of amides is 1. The maximum atomic E-state index is 13.1. The second kappa shape index (κ2) is 8.23. The highest BCUT2D eigenvalue weighted by atomic mass is 32.2. The van der Waals surface area contributed by atoms with Gasteiger partial charge in [0.25, 0.3) is 15.9 Å². The molecule has 3 aromatic rings. The number of hydrogen-bond acceptors (Lipinski definition) is 4. The molecule has 0 bridgehead atoms. The monoisotopic (exact) mass is 427 g/mol. The molecule has 8 heteroatoms. The standard InChI is InChI=1S/C22H25N3O4S/c1-14-7-6-8-15(2)21(14)24-30(27,28)20-12-18(9-10-19(20)29-5)23-22(26)17-11-16(3)25(4)13-17/h6-13,24H,1-5H3,(H,23,26). The molecule has 0 radical (unpaired) electrons. The molecule has 0 saturated carbocycles. The lowest BCUT2D eigenvalue weighted by Gasteiger charge is -2.16. The van der Waals surface area contributed by atoms with Crippen LogP contribution in [-0.4, -0.2) is 26.0 Å². The normalized spacial score (nSPS) is 11.2. The van der Waals surface area contributed by atoms with Crippen molar-refractivity contribution in [3.8, 4) is 5.75 Å². The second-order valence-electron chi connectivity index (χ2n) is 7.17. The molecule has 3 rings (SSSR count). The summed E-state index contributed by atoms with van der Waals surface area (Å²) < 4.78 is 36.0. The second-order valence-corrected chi connectivity index (χ2v) is 8.82. The Hall–Kier alpha value is -3.26. The summed E-state index contributed by atoms with van der Waals surface area (Å²) in [5.41, 5.74) is 3.92. The lowest BCUT2D eigenvalue weighted by atomic mass is 10.1. The fourth-order valence-electron chi connectivity index (χ4n) is 3.13. The van der Waals surface area contributed by atoms with Gasteiger partial charge in [0.1, 0.15) is 10.6 Å². The first-order valence-electron chi connectivity index (χ1n) is 9.34. The lowest BCUT2D eigenvalue weighted by Crippen LogP contribution is -2.17. The molecule has 0 spiro atoms. The molecule has 1 heterocycles. The van der Waals surface area contributed by atoms with Crippen molar-refractivity contribution < 1.29 is 17.9 Å². The molecule has 0 atom stereocenters. The highest BCUT2D eigenvalue weighted by Gasteiger charge is 2.22. The number of carbonyl (C=O) groups excluding carboxylic acids is 1. The summed E-state index contributed by atoms with van der Waals surface area (Å²) in [7, 11) is -0.705. The molecule has 158 valence electrons. The molecule has 1 amide bonds. The molecule has 0 aliphatic heterocycles. The number of rotatable bonds is 6. The number of aromatic nitrogens is 1. The Kier molecular flexibility index (Phi) is 5.89. The molecular weight excluding hydrogens is 402 g/mol. The molecule has 0 unspecified atom stereocenters. The van der Waals surface area contributed by atoms with Gasteiger partial charge in [-0.2, -0.15) is 0 Å². The van der Waals surface area contributed by atoms with Crippen molar-refractivity contribution in [1.29, 1.82) is 0 Å². The average molecular weight is 428 g/mol. The van der Waals surface area contributed by atoms with Gasteiger partial charge in [0.2, 0.25) is 0 Å². The van der Waals surface area contributed by atoms with Crippen LogP contribution in [0.15, 0.2) is 53.6 Å². The van der Waals surface area contributed by atoms with Crippen LogP contribution in [0.1, 0.15) is 27.2 Å². The van der Waals surface area contributed by atoms with Gasteiger partial charge in [-0.05, 0) is 56.2 Å². The number of benzene rings is 2. The van der Waals surface area contributed by atoms with Crippen LogP contribution >= 0.6 is 0 Å². The maximum absolute atomic E-state index is 13.1. The minimum Gasteiger partial charge on any atom is -0.495 e. The van der Waals surface area contributed by atoms with E-state index in [-0.39, 0.29) is 16.6 Å². The van der Waals surface area contributed by atoms with E-state index >= 15 is 0 Å².